The van der Waals surface area contributed by atoms with E-state index in [9.17, 15) is 4.79 Å². The number of carbonyl (C=O) groups is 1. The van der Waals surface area contributed by atoms with Crippen molar-refractivity contribution in [2.24, 2.45) is 0 Å². The van der Waals surface area contributed by atoms with E-state index in [0.717, 1.165) is 0 Å². The number of hydrogen-bond acceptors (Lipinski definition) is 4. The number of rotatable bonds is 2. The van der Waals surface area contributed by atoms with Crippen LogP contribution in [-0.2, 0) is 0 Å². The monoisotopic (exact) mass is 203 g/mol. The number of hydrogen-bond donors (Lipinski definition) is 0. The van der Waals surface area contributed by atoms with Crippen molar-refractivity contribution < 1.29 is 9.53 Å². The predicted octanol–water partition coefficient (Wildman–Crippen LogP) is 0.975. The Morgan fingerprint density at radius 2 is 2.07 bits per heavy atom. The van der Waals surface area contributed by atoms with Crippen molar-refractivity contribution in [2.45, 2.75) is 0 Å². The van der Waals surface area contributed by atoms with Crippen LogP contribution in [0.5, 0.6) is 5.75 Å². The Morgan fingerprint density at radius 3 is 2.60 bits per heavy atom. The van der Waals surface area contributed by atoms with Gasteiger partial charge >= 0.3 is 0 Å². The van der Waals surface area contributed by atoms with Crippen molar-refractivity contribution in [2.75, 3.05) is 7.11 Å². The molecule has 0 spiro atoms. The second kappa shape index (κ2) is 3.91. The largest absolute Gasteiger partial charge is 0.497 e. The van der Waals surface area contributed by atoms with Gasteiger partial charge in [0.05, 0.1) is 7.11 Å². The Bertz CT molecular complexity index is 448. The fourth-order valence-electron chi connectivity index (χ4n) is 1.18. The molecule has 0 atom stereocenters. The number of carbonyl (C=O) groups excluding carboxylic acids is 1. The second-order valence-corrected chi connectivity index (χ2v) is 2.87. The van der Waals surface area contributed by atoms with Crippen molar-refractivity contribution in [1.29, 1.82) is 0 Å². The van der Waals surface area contributed by atoms with Gasteiger partial charge < -0.3 is 4.74 Å². The minimum atomic E-state index is -0.213. The molecule has 1 heterocycles. The summed E-state index contributed by atoms with van der Waals surface area (Å²) in [7, 11) is 1.58. The van der Waals surface area contributed by atoms with Gasteiger partial charge in [0, 0.05) is 5.56 Å². The number of ether oxygens (including phenoxy) is 1. The summed E-state index contributed by atoms with van der Waals surface area (Å²) in [6.07, 6.45) is 2.69. The summed E-state index contributed by atoms with van der Waals surface area (Å²) in [5.41, 5.74) is 0.543. The number of benzene rings is 1. The number of methoxy groups -OCH3 is 1. The third kappa shape index (κ3) is 1.85. The average Bonchev–Trinajstić information content (AvgIpc) is 2.82. The van der Waals surface area contributed by atoms with Crippen LogP contribution in [0.15, 0.2) is 36.9 Å². The molecule has 0 radical (unpaired) electrons. The minimum Gasteiger partial charge on any atom is -0.497 e. The average molecular weight is 203 g/mol. The van der Waals surface area contributed by atoms with Gasteiger partial charge in [-0.1, -0.05) is 0 Å². The third-order valence-corrected chi connectivity index (χ3v) is 1.96. The van der Waals surface area contributed by atoms with E-state index in [1.54, 1.807) is 31.4 Å². The van der Waals surface area contributed by atoms with Gasteiger partial charge in [0.2, 0.25) is 0 Å². The molecule has 5 nitrogen and oxygen atoms in total. The minimum absolute atomic E-state index is 0.213. The van der Waals surface area contributed by atoms with Gasteiger partial charge in [-0.2, -0.15) is 9.78 Å². The molecule has 0 amide bonds. The van der Waals surface area contributed by atoms with Crippen molar-refractivity contribution >= 4 is 5.91 Å². The highest BCUT2D eigenvalue weighted by molar-refractivity contribution is 5.95. The Hall–Kier alpha value is -2.17. The Balaban J connectivity index is 2.27. The van der Waals surface area contributed by atoms with E-state index in [2.05, 4.69) is 10.1 Å². The van der Waals surface area contributed by atoms with Crippen LogP contribution in [0.25, 0.3) is 0 Å². The Morgan fingerprint density at radius 1 is 1.33 bits per heavy atom. The Labute approximate surface area is 86.3 Å². The lowest BCUT2D eigenvalue weighted by molar-refractivity contribution is 0.0944. The molecule has 0 aliphatic carbocycles. The number of nitrogens with zero attached hydrogens (tertiary/aromatic N) is 3. The van der Waals surface area contributed by atoms with Crippen LogP contribution in [0.2, 0.25) is 0 Å². The smallest absolute Gasteiger partial charge is 0.279 e. The zero-order valence-corrected chi connectivity index (χ0v) is 8.12. The van der Waals surface area contributed by atoms with Crippen LogP contribution >= 0.6 is 0 Å². The molecule has 1 aromatic heterocycles. The molecule has 0 unspecified atom stereocenters. The van der Waals surface area contributed by atoms with Gasteiger partial charge in [-0.25, -0.2) is 4.98 Å². The van der Waals surface area contributed by atoms with E-state index in [1.165, 1.54) is 17.3 Å². The van der Waals surface area contributed by atoms with Crippen molar-refractivity contribution in [3.63, 3.8) is 0 Å². The molecule has 0 N–H and O–H groups in total. The zero-order chi connectivity index (χ0) is 10.7. The van der Waals surface area contributed by atoms with Crippen molar-refractivity contribution in [3.05, 3.63) is 42.5 Å². The van der Waals surface area contributed by atoms with Crippen molar-refractivity contribution in [3.8, 4) is 5.75 Å². The summed E-state index contributed by atoms with van der Waals surface area (Å²) in [4.78, 5) is 15.4. The molecule has 2 rings (SSSR count). The molecule has 76 valence electrons. The highest BCUT2D eigenvalue weighted by Crippen LogP contribution is 2.11. The van der Waals surface area contributed by atoms with Crippen LogP contribution in [0.1, 0.15) is 10.4 Å². The molecule has 0 fully saturated rings. The van der Waals surface area contributed by atoms with Gasteiger partial charge in [0.1, 0.15) is 18.4 Å². The lowest BCUT2D eigenvalue weighted by Crippen LogP contribution is -2.12. The molecule has 0 aliphatic rings. The quantitative estimate of drug-likeness (QED) is 0.729. The predicted molar refractivity (Wildman–Crippen MR) is 52.7 cm³/mol. The van der Waals surface area contributed by atoms with Crippen molar-refractivity contribution in [1.82, 2.24) is 14.8 Å². The van der Waals surface area contributed by atoms with Gasteiger partial charge in [0.25, 0.3) is 5.91 Å². The second-order valence-electron chi connectivity index (χ2n) is 2.87. The summed E-state index contributed by atoms with van der Waals surface area (Å²) < 4.78 is 6.18. The molecule has 1 aromatic carbocycles. The molecule has 0 saturated carbocycles. The summed E-state index contributed by atoms with van der Waals surface area (Å²) in [5.74, 6) is 0.500. The highest BCUT2D eigenvalue weighted by atomic mass is 16.5. The van der Waals surface area contributed by atoms with Gasteiger partial charge in [-0.05, 0) is 24.3 Å². The van der Waals surface area contributed by atoms with Crippen LogP contribution in [-0.4, -0.2) is 27.8 Å². The number of aromatic nitrogens is 3. The molecule has 0 bridgehead atoms. The summed E-state index contributed by atoms with van der Waals surface area (Å²) in [6.45, 7) is 0. The third-order valence-electron chi connectivity index (χ3n) is 1.96. The normalized spacial score (nSPS) is 9.93. The molecule has 5 heteroatoms. The lowest BCUT2D eigenvalue weighted by atomic mass is 10.2. The fraction of sp³-hybridized carbons (Fsp3) is 0.100. The first-order valence-corrected chi connectivity index (χ1v) is 4.34. The maximum absolute atomic E-state index is 11.7. The standard InChI is InChI=1S/C10H9N3O2/c1-15-9-4-2-8(3-5-9)10(14)13-7-11-6-12-13/h2-7H,1H3. The summed E-state index contributed by atoms with van der Waals surface area (Å²) >= 11 is 0. The molecular formula is C10H9N3O2. The first kappa shape index (κ1) is 9.39. The molecule has 0 saturated heterocycles. The fourth-order valence-corrected chi connectivity index (χ4v) is 1.18. The van der Waals surface area contributed by atoms with Gasteiger partial charge in [0.15, 0.2) is 0 Å². The van der Waals surface area contributed by atoms with E-state index in [1.807, 2.05) is 0 Å². The van der Waals surface area contributed by atoms with Crippen LogP contribution in [0.4, 0.5) is 0 Å². The lowest BCUT2D eigenvalue weighted by Gasteiger charge is -2.01. The SMILES string of the molecule is COc1ccc(C(=O)n2cncn2)cc1. The summed E-state index contributed by atoms with van der Waals surface area (Å²) in [5, 5.41) is 3.76. The maximum Gasteiger partial charge on any atom is 0.279 e. The van der Waals surface area contributed by atoms with Crippen LogP contribution in [0, 0.1) is 0 Å². The molecular weight excluding hydrogens is 194 g/mol. The highest BCUT2D eigenvalue weighted by Gasteiger charge is 2.08. The van der Waals surface area contributed by atoms with E-state index in [4.69, 9.17) is 4.74 Å². The molecule has 15 heavy (non-hydrogen) atoms. The van der Waals surface area contributed by atoms with E-state index in [-0.39, 0.29) is 5.91 Å². The van der Waals surface area contributed by atoms with Crippen LogP contribution in [0.3, 0.4) is 0 Å². The van der Waals surface area contributed by atoms with Crippen LogP contribution < -0.4 is 4.74 Å². The Kier molecular flexibility index (Phi) is 2.45. The first-order valence-electron chi connectivity index (χ1n) is 4.34. The van der Waals surface area contributed by atoms with E-state index < -0.39 is 0 Å². The molecule has 2 aromatic rings. The maximum atomic E-state index is 11.7. The molecule has 0 aliphatic heterocycles. The first-order chi connectivity index (χ1) is 7.31. The topological polar surface area (TPSA) is 57.0 Å². The van der Waals surface area contributed by atoms with E-state index in [0.29, 0.717) is 11.3 Å². The van der Waals surface area contributed by atoms with E-state index >= 15 is 0 Å². The van der Waals surface area contributed by atoms with Gasteiger partial charge in [-0.3, -0.25) is 4.79 Å². The van der Waals surface area contributed by atoms with Gasteiger partial charge in [-0.15, -0.1) is 0 Å². The summed E-state index contributed by atoms with van der Waals surface area (Å²) in [6, 6.07) is 6.82. The zero-order valence-electron chi connectivity index (χ0n) is 8.12.